The van der Waals surface area contributed by atoms with Gasteiger partial charge in [0.1, 0.15) is 5.69 Å². The third-order valence-electron chi connectivity index (χ3n) is 2.28. The number of piperazine rings is 1. The average molecular weight is 295 g/mol. The third-order valence-corrected chi connectivity index (χ3v) is 2.74. The number of H-pyrrole nitrogens is 1. The van der Waals surface area contributed by atoms with E-state index < -0.39 is 0 Å². The Morgan fingerprint density at radius 2 is 2.07 bits per heavy atom. The van der Waals surface area contributed by atoms with Crippen molar-refractivity contribution in [2.45, 2.75) is 0 Å². The van der Waals surface area contributed by atoms with E-state index in [1.54, 1.807) is 6.20 Å². The van der Waals surface area contributed by atoms with E-state index >= 15 is 0 Å². The molecule has 0 atom stereocenters. The van der Waals surface area contributed by atoms with Crippen molar-refractivity contribution < 1.29 is 4.79 Å². The highest BCUT2D eigenvalue weighted by molar-refractivity contribution is 9.10. The third kappa shape index (κ3) is 2.96. The van der Waals surface area contributed by atoms with Crippen LogP contribution in [0.5, 0.6) is 0 Å². The molecule has 0 unspecified atom stereocenters. The summed E-state index contributed by atoms with van der Waals surface area (Å²) in [6, 6.07) is 1.81. The van der Waals surface area contributed by atoms with Crippen LogP contribution in [0, 0.1) is 0 Å². The van der Waals surface area contributed by atoms with Gasteiger partial charge in [0.2, 0.25) is 0 Å². The Balaban J connectivity index is 0.00000112. The summed E-state index contributed by atoms with van der Waals surface area (Å²) in [6.07, 6.45) is 1.77. The molecule has 2 heterocycles. The van der Waals surface area contributed by atoms with Crippen LogP contribution in [0.25, 0.3) is 0 Å². The Morgan fingerprint density at radius 1 is 1.40 bits per heavy atom. The maximum Gasteiger partial charge on any atom is 0.270 e. The Labute approximate surface area is 103 Å². The van der Waals surface area contributed by atoms with Gasteiger partial charge < -0.3 is 15.2 Å². The van der Waals surface area contributed by atoms with Crippen molar-refractivity contribution >= 4 is 34.2 Å². The topological polar surface area (TPSA) is 48.1 Å². The van der Waals surface area contributed by atoms with E-state index in [2.05, 4.69) is 26.2 Å². The van der Waals surface area contributed by atoms with Crippen LogP contribution in [0.1, 0.15) is 10.5 Å². The van der Waals surface area contributed by atoms with Gasteiger partial charge in [-0.2, -0.15) is 0 Å². The molecule has 0 saturated carbocycles. The highest BCUT2D eigenvalue weighted by atomic mass is 79.9. The minimum atomic E-state index is 0. The molecule has 1 aliphatic rings. The molecule has 2 rings (SSSR count). The number of nitrogens with zero attached hydrogens (tertiary/aromatic N) is 1. The fraction of sp³-hybridized carbons (Fsp3) is 0.444. The molecule has 2 N–H and O–H groups in total. The van der Waals surface area contributed by atoms with Gasteiger partial charge in [-0.25, -0.2) is 0 Å². The number of carbonyl (C=O) groups is 1. The first-order chi connectivity index (χ1) is 6.77. The van der Waals surface area contributed by atoms with Crippen LogP contribution in [0.2, 0.25) is 0 Å². The number of rotatable bonds is 1. The summed E-state index contributed by atoms with van der Waals surface area (Å²) in [4.78, 5) is 16.7. The van der Waals surface area contributed by atoms with Gasteiger partial charge in [-0.05, 0) is 22.0 Å². The van der Waals surface area contributed by atoms with Crippen LogP contribution in [-0.4, -0.2) is 42.0 Å². The van der Waals surface area contributed by atoms with Gasteiger partial charge in [0.25, 0.3) is 5.91 Å². The normalized spacial score (nSPS) is 15.9. The lowest BCUT2D eigenvalue weighted by molar-refractivity contribution is 0.0730. The zero-order chi connectivity index (χ0) is 9.97. The van der Waals surface area contributed by atoms with Gasteiger partial charge in [-0.1, -0.05) is 0 Å². The van der Waals surface area contributed by atoms with Gasteiger partial charge >= 0.3 is 0 Å². The molecule has 1 saturated heterocycles. The maximum atomic E-state index is 11.9. The second-order valence-corrected chi connectivity index (χ2v) is 4.19. The molecule has 1 fully saturated rings. The minimum Gasteiger partial charge on any atom is -0.356 e. The van der Waals surface area contributed by atoms with Gasteiger partial charge in [-0.3, -0.25) is 4.79 Å². The summed E-state index contributed by atoms with van der Waals surface area (Å²) in [7, 11) is 0. The number of aromatic nitrogens is 1. The quantitative estimate of drug-likeness (QED) is 0.819. The molecular formula is C9H13BrClN3O. The van der Waals surface area contributed by atoms with E-state index in [0.29, 0.717) is 5.69 Å². The van der Waals surface area contributed by atoms with Crippen LogP contribution in [0.15, 0.2) is 16.7 Å². The van der Waals surface area contributed by atoms with Crippen LogP contribution in [0.3, 0.4) is 0 Å². The van der Waals surface area contributed by atoms with E-state index in [4.69, 9.17) is 0 Å². The van der Waals surface area contributed by atoms with Gasteiger partial charge in [0, 0.05) is 36.8 Å². The van der Waals surface area contributed by atoms with Crippen molar-refractivity contribution in [3.8, 4) is 0 Å². The molecule has 4 nitrogen and oxygen atoms in total. The number of nitrogens with one attached hydrogen (secondary N) is 2. The number of carbonyl (C=O) groups excluding carboxylic acids is 1. The number of hydrogen-bond acceptors (Lipinski definition) is 2. The summed E-state index contributed by atoms with van der Waals surface area (Å²) < 4.78 is 0.913. The monoisotopic (exact) mass is 293 g/mol. The smallest absolute Gasteiger partial charge is 0.270 e. The van der Waals surface area contributed by atoms with E-state index in [1.165, 1.54) is 0 Å². The second-order valence-electron chi connectivity index (χ2n) is 3.27. The number of halogens is 2. The average Bonchev–Trinajstić information content (AvgIpc) is 2.65. The van der Waals surface area contributed by atoms with Crippen LogP contribution in [-0.2, 0) is 0 Å². The minimum absolute atomic E-state index is 0. The van der Waals surface area contributed by atoms with Crippen molar-refractivity contribution in [3.05, 3.63) is 22.4 Å². The summed E-state index contributed by atoms with van der Waals surface area (Å²) in [6.45, 7) is 3.34. The summed E-state index contributed by atoms with van der Waals surface area (Å²) in [5, 5.41) is 3.21. The molecule has 0 aliphatic carbocycles. The molecule has 0 bridgehead atoms. The first kappa shape index (κ1) is 12.5. The van der Waals surface area contributed by atoms with Gasteiger partial charge in [0.05, 0.1) is 0 Å². The Kier molecular flexibility index (Phi) is 4.63. The van der Waals surface area contributed by atoms with Crippen LogP contribution >= 0.6 is 28.3 Å². The van der Waals surface area contributed by atoms with Crippen LogP contribution in [0.4, 0.5) is 0 Å². The first-order valence-corrected chi connectivity index (χ1v) is 5.40. The zero-order valence-corrected chi connectivity index (χ0v) is 10.5. The zero-order valence-electron chi connectivity index (χ0n) is 8.12. The number of hydrogen-bond donors (Lipinski definition) is 2. The largest absolute Gasteiger partial charge is 0.356 e. The lowest BCUT2D eigenvalue weighted by Gasteiger charge is -2.26. The SMILES string of the molecule is Cl.O=C(c1cc(Br)c[nH]1)N1CCNCC1. The fourth-order valence-corrected chi connectivity index (χ4v) is 1.87. The molecule has 6 heteroatoms. The molecule has 84 valence electrons. The summed E-state index contributed by atoms with van der Waals surface area (Å²) >= 11 is 3.31. The van der Waals surface area contributed by atoms with Gasteiger partial charge in [-0.15, -0.1) is 12.4 Å². The predicted octanol–water partition coefficient (Wildman–Crippen LogP) is 1.24. The molecule has 0 radical (unpaired) electrons. The lowest BCUT2D eigenvalue weighted by Crippen LogP contribution is -2.46. The van der Waals surface area contributed by atoms with Gasteiger partial charge in [0.15, 0.2) is 0 Å². The standard InChI is InChI=1S/C9H12BrN3O.ClH/c10-7-5-8(12-6-7)9(14)13-3-1-11-2-4-13;/h5-6,11-12H,1-4H2;1H. The molecular weight excluding hydrogens is 281 g/mol. The van der Waals surface area contributed by atoms with Crippen molar-refractivity contribution in [1.82, 2.24) is 15.2 Å². The summed E-state index contributed by atoms with van der Waals surface area (Å²) in [5.41, 5.74) is 0.652. The molecule has 1 aliphatic heterocycles. The highest BCUT2D eigenvalue weighted by Crippen LogP contribution is 2.12. The van der Waals surface area contributed by atoms with E-state index in [0.717, 1.165) is 30.7 Å². The molecule has 1 aromatic rings. The molecule has 1 aromatic heterocycles. The Bertz CT molecular complexity index is 336. The molecule has 0 spiro atoms. The first-order valence-electron chi connectivity index (χ1n) is 4.61. The van der Waals surface area contributed by atoms with Crippen LogP contribution < -0.4 is 5.32 Å². The fourth-order valence-electron chi connectivity index (χ4n) is 1.53. The van der Waals surface area contributed by atoms with Crippen molar-refractivity contribution in [1.29, 1.82) is 0 Å². The molecule has 15 heavy (non-hydrogen) atoms. The Morgan fingerprint density at radius 3 is 2.60 bits per heavy atom. The Hall–Kier alpha value is -0.520. The predicted molar refractivity (Wildman–Crippen MR) is 64.5 cm³/mol. The number of aromatic amines is 1. The highest BCUT2D eigenvalue weighted by Gasteiger charge is 2.18. The van der Waals surface area contributed by atoms with Crippen molar-refractivity contribution in [3.63, 3.8) is 0 Å². The van der Waals surface area contributed by atoms with E-state index in [1.807, 2.05) is 11.0 Å². The van der Waals surface area contributed by atoms with E-state index in [-0.39, 0.29) is 18.3 Å². The van der Waals surface area contributed by atoms with Crippen molar-refractivity contribution in [2.75, 3.05) is 26.2 Å². The molecule has 1 amide bonds. The summed E-state index contributed by atoms with van der Waals surface area (Å²) in [5.74, 6) is 0.0807. The number of amides is 1. The van der Waals surface area contributed by atoms with Crippen molar-refractivity contribution in [2.24, 2.45) is 0 Å². The lowest BCUT2D eigenvalue weighted by atomic mass is 10.3. The second kappa shape index (κ2) is 5.53. The maximum absolute atomic E-state index is 11.9. The van der Waals surface area contributed by atoms with E-state index in [9.17, 15) is 4.79 Å². The molecule has 0 aromatic carbocycles.